The van der Waals surface area contributed by atoms with Crippen molar-refractivity contribution in [3.8, 4) is 5.75 Å². The quantitative estimate of drug-likeness (QED) is 0.419. The number of ether oxygens (including phenoxy) is 3. The van der Waals surface area contributed by atoms with Gasteiger partial charge in [-0.2, -0.15) is 0 Å². The van der Waals surface area contributed by atoms with Crippen molar-refractivity contribution in [3.63, 3.8) is 0 Å². The molecule has 9 nitrogen and oxygen atoms in total. The van der Waals surface area contributed by atoms with Crippen molar-refractivity contribution < 1.29 is 19.0 Å². The van der Waals surface area contributed by atoms with E-state index < -0.39 is 0 Å². The number of carbonyl (C=O) groups is 1. The average Bonchev–Trinajstić information content (AvgIpc) is 3.26. The summed E-state index contributed by atoms with van der Waals surface area (Å²) in [6, 6.07) is 11.1. The fraction of sp³-hybridized carbons (Fsp3) is 0.370. The first kappa shape index (κ1) is 25.4. The van der Waals surface area contributed by atoms with Crippen LogP contribution in [0.15, 0.2) is 54.9 Å². The Morgan fingerprint density at radius 2 is 2.11 bits per heavy atom. The number of nitrogens with zero attached hydrogens (tertiary/aromatic N) is 3. The van der Waals surface area contributed by atoms with Crippen molar-refractivity contribution in [2.45, 2.75) is 18.9 Å². The Labute approximate surface area is 220 Å². The standard InChI is InChI=1S/C27H30ClN5O4/c28-19-4-1-5-20(14-19)31-27-22-15-24(32-26(34)6-2-8-33-9-3-11-35-13-10-33)25(16-23(22)29-18-30-27)37-21-7-12-36-17-21/h1-2,4-6,14-16,18,21H,3,7-13,17H2,(H,32,34)(H,29,30,31)/b6-2+/t21-/m0/s1. The normalized spacial score (nSPS) is 18.7. The van der Waals surface area contributed by atoms with E-state index in [0.717, 1.165) is 50.2 Å². The zero-order valence-electron chi connectivity index (χ0n) is 20.5. The predicted octanol–water partition coefficient (Wildman–Crippen LogP) is 4.41. The Hall–Kier alpha value is -3.24. The lowest BCUT2D eigenvalue weighted by Gasteiger charge is -2.18. The lowest BCUT2D eigenvalue weighted by molar-refractivity contribution is -0.111. The van der Waals surface area contributed by atoms with Crippen LogP contribution in [0.1, 0.15) is 12.8 Å². The van der Waals surface area contributed by atoms with Gasteiger partial charge >= 0.3 is 0 Å². The molecule has 0 aliphatic carbocycles. The van der Waals surface area contributed by atoms with Crippen LogP contribution < -0.4 is 15.4 Å². The highest BCUT2D eigenvalue weighted by Crippen LogP contribution is 2.35. The molecule has 2 saturated heterocycles. The van der Waals surface area contributed by atoms with Crippen molar-refractivity contribution in [2.75, 3.05) is 56.7 Å². The number of rotatable bonds is 8. The van der Waals surface area contributed by atoms with Crippen LogP contribution in [-0.2, 0) is 14.3 Å². The van der Waals surface area contributed by atoms with Gasteiger partial charge in [0.2, 0.25) is 5.91 Å². The number of aromatic nitrogens is 2. The maximum atomic E-state index is 12.9. The van der Waals surface area contributed by atoms with E-state index in [4.69, 9.17) is 25.8 Å². The number of anilines is 3. The lowest BCUT2D eigenvalue weighted by atomic mass is 10.1. The molecule has 2 aliphatic rings. The summed E-state index contributed by atoms with van der Waals surface area (Å²) in [6.45, 7) is 5.18. The van der Waals surface area contributed by atoms with Crippen molar-refractivity contribution in [3.05, 3.63) is 59.9 Å². The number of fused-ring (bicyclic) bond motifs is 1. The second-order valence-electron chi connectivity index (χ2n) is 8.98. The molecule has 3 heterocycles. The third kappa shape index (κ3) is 6.95. The summed E-state index contributed by atoms with van der Waals surface area (Å²) in [5.74, 6) is 0.901. The van der Waals surface area contributed by atoms with E-state index in [1.165, 1.54) is 6.33 Å². The molecule has 1 amide bonds. The molecule has 0 bridgehead atoms. The molecular formula is C27H30ClN5O4. The predicted molar refractivity (Wildman–Crippen MR) is 144 cm³/mol. The van der Waals surface area contributed by atoms with Gasteiger partial charge in [0.25, 0.3) is 0 Å². The van der Waals surface area contributed by atoms with E-state index in [9.17, 15) is 4.79 Å². The average molecular weight is 524 g/mol. The van der Waals surface area contributed by atoms with Gasteiger partial charge in [-0.3, -0.25) is 9.69 Å². The fourth-order valence-electron chi connectivity index (χ4n) is 4.33. The molecule has 5 rings (SSSR count). The lowest BCUT2D eigenvalue weighted by Crippen LogP contribution is -2.26. The molecule has 10 heteroatoms. The maximum absolute atomic E-state index is 12.9. The number of benzene rings is 2. The van der Waals surface area contributed by atoms with Crippen LogP contribution in [-0.4, -0.2) is 72.9 Å². The van der Waals surface area contributed by atoms with Crippen LogP contribution in [0.5, 0.6) is 5.75 Å². The first-order valence-corrected chi connectivity index (χ1v) is 12.9. The molecule has 37 heavy (non-hydrogen) atoms. The van der Waals surface area contributed by atoms with Gasteiger partial charge in [0.1, 0.15) is 24.0 Å². The topological polar surface area (TPSA) is 97.8 Å². The molecule has 2 fully saturated rings. The molecule has 2 aromatic carbocycles. The minimum absolute atomic E-state index is 0.0835. The summed E-state index contributed by atoms with van der Waals surface area (Å²) >= 11 is 6.15. The van der Waals surface area contributed by atoms with Crippen LogP contribution in [0.2, 0.25) is 5.02 Å². The Morgan fingerprint density at radius 3 is 2.97 bits per heavy atom. The molecule has 1 atom stereocenters. The molecule has 2 aliphatic heterocycles. The Morgan fingerprint density at radius 1 is 1.16 bits per heavy atom. The second kappa shape index (κ2) is 12.3. The minimum atomic E-state index is -0.237. The van der Waals surface area contributed by atoms with Crippen molar-refractivity contribution in [2.24, 2.45) is 0 Å². The molecule has 0 unspecified atom stereocenters. The van der Waals surface area contributed by atoms with Crippen LogP contribution in [0.25, 0.3) is 10.9 Å². The molecule has 1 aromatic heterocycles. The highest BCUT2D eigenvalue weighted by molar-refractivity contribution is 6.30. The van der Waals surface area contributed by atoms with Crippen LogP contribution in [0.3, 0.4) is 0 Å². The van der Waals surface area contributed by atoms with Gasteiger partial charge < -0.3 is 24.8 Å². The summed E-state index contributed by atoms with van der Waals surface area (Å²) in [7, 11) is 0. The molecule has 0 spiro atoms. The van der Waals surface area contributed by atoms with Crippen molar-refractivity contribution in [1.82, 2.24) is 14.9 Å². The highest BCUT2D eigenvalue weighted by Gasteiger charge is 2.21. The summed E-state index contributed by atoms with van der Waals surface area (Å²) in [6.07, 6.45) is 6.63. The number of hydrogen-bond donors (Lipinski definition) is 2. The van der Waals surface area contributed by atoms with Gasteiger partial charge in [0, 0.05) is 60.9 Å². The van der Waals surface area contributed by atoms with Crippen LogP contribution in [0.4, 0.5) is 17.2 Å². The van der Waals surface area contributed by atoms with Crippen molar-refractivity contribution in [1.29, 1.82) is 0 Å². The second-order valence-corrected chi connectivity index (χ2v) is 9.42. The van der Waals surface area contributed by atoms with Gasteiger partial charge in [-0.1, -0.05) is 23.7 Å². The zero-order chi connectivity index (χ0) is 25.5. The summed E-state index contributed by atoms with van der Waals surface area (Å²) in [5.41, 5.74) is 2.02. The molecule has 0 saturated carbocycles. The molecular weight excluding hydrogens is 494 g/mol. The van der Waals surface area contributed by atoms with E-state index in [-0.39, 0.29) is 12.0 Å². The van der Waals surface area contributed by atoms with Crippen LogP contribution in [0, 0.1) is 0 Å². The summed E-state index contributed by atoms with van der Waals surface area (Å²) < 4.78 is 17.2. The monoisotopic (exact) mass is 523 g/mol. The maximum Gasteiger partial charge on any atom is 0.248 e. The first-order valence-electron chi connectivity index (χ1n) is 12.5. The van der Waals surface area contributed by atoms with E-state index in [1.807, 2.05) is 42.5 Å². The third-order valence-corrected chi connectivity index (χ3v) is 6.45. The Kier molecular flexibility index (Phi) is 8.47. The fourth-order valence-corrected chi connectivity index (χ4v) is 4.52. The number of carbonyl (C=O) groups excluding carboxylic acids is 1. The van der Waals surface area contributed by atoms with Crippen LogP contribution >= 0.6 is 11.6 Å². The minimum Gasteiger partial charge on any atom is -0.486 e. The van der Waals surface area contributed by atoms with E-state index in [2.05, 4.69) is 25.5 Å². The van der Waals surface area contributed by atoms with Gasteiger partial charge in [-0.05, 0) is 30.7 Å². The van der Waals surface area contributed by atoms with E-state index >= 15 is 0 Å². The first-order chi connectivity index (χ1) is 18.1. The van der Waals surface area contributed by atoms with Gasteiger partial charge in [0.05, 0.1) is 31.0 Å². The molecule has 194 valence electrons. The largest absolute Gasteiger partial charge is 0.486 e. The third-order valence-electron chi connectivity index (χ3n) is 6.21. The Bertz CT molecular complexity index is 1260. The smallest absolute Gasteiger partial charge is 0.248 e. The number of hydrogen-bond acceptors (Lipinski definition) is 8. The SMILES string of the molecule is O=C(/C=C/CN1CCCOCC1)Nc1cc2c(Nc3cccc(Cl)c3)ncnc2cc1O[C@H]1CCOC1. The van der Waals surface area contributed by atoms with Crippen molar-refractivity contribution >= 4 is 45.6 Å². The summed E-state index contributed by atoms with van der Waals surface area (Å²) in [4.78, 5) is 24.0. The van der Waals surface area contributed by atoms with E-state index in [1.54, 1.807) is 6.08 Å². The Balaban J connectivity index is 1.39. The number of amides is 1. The molecule has 3 aromatic rings. The van der Waals surface area contributed by atoms with E-state index in [0.29, 0.717) is 47.6 Å². The van der Waals surface area contributed by atoms with Gasteiger partial charge in [0.15, 0.2) is 0 Å². The van der Waals surface area contributed by atoms with Gasteiger partial charge in [-0.15, -0.1) is 0 Å². The summed E-state index contributed by atoms with van der Waals surface area (Å²) in [5, 5.41) is 7.64. The molecule has 2 N–H and O–H groups in total. The van der Waals surface area contributed by atoms with Gasteiger partial charge in [-0.25, -0.2) is 9.97 Å². The number of halogens is 1. The highest BCUT2D eigenvalue weighted by atomic mass is 35.5. The number of nitrogens with one attached hydrogen (secondary N) is 2. The molecule has 0 radical (unpaired) electrons. The zero-order valence-corrected chi connectivity index (χ0v) is 21.2.